The summed E-state index contributed by atoms with van der Waals surface area (Å²) in [5, 5.41) is 13.3. The van der Waals surface area contributed by atoms with Crippen LogP contribution in [-0.4, -0.2) is 53.0 Å². The van der Waals surface area contributed by atoms with Crippen molar-refractivity contribution in [3.05, 3.63) is 0 Å². The maximum atomic E-state index is 12.1. The van der Waals surface area contributed by atoms with E-state index in [9.17, 15) is 9.90 Å². The number of carbonyl (C=O) groups excluding carboxylic acids is 1. The average Bonchev–Trinajstić information content (AvgIpc) is 2.93. The molecule has 2 fully saturated rings. The lowest BCUT2D eigenvalue weighted by molar-refractivity contribution is 0.0260. The van der Waals surface area contributed by atoms with Crippen LogP contribution in [0.2, 0.25) is 0 Å². The molecule has 2 aliphatic rings. The highest BCUT2D eigenvalue weighted by molar-refractivity contribution is 5.69. The van der Waals surface area contributed by atoms with Crippen molar-refractivity contribution in [1.82, 2.24) is 10.2 Å². The molecule has 2 atom stereocenters. The molecule has 0 bridgehead atoms. The highest BCUT2D eigenvalue weighted by Gasteiger charge is 2.33. The largest absolute Gasteiger partial charge is 0.444 e. The number of ether oxygens (including phenoxy) is 1. The molecule has 0 aromatic carbocycles. The Labute approximate surface area is 120 Å². The van der Waals surface area contributed by atoms with Crippen molar-refractivity contribution in [2.45, 2.75) is 57.3 Å². The zero-order valence-corrected chi connectivity index (χ0v) is 12.5. The van der Waals surface area contributed by atoms with Gasteiger partial charge in [0.2, 0.25) is 0 Å². The number of hydrogen-bond acceptors (Lipinski definition) is 4. The van der Waals surface area contributed by atoms with Crippen LogP contribution >= 0.6 is 0 Å². The summed E-state index contributed by atoms with van der Waals surface area (Å²) in [5.74, 6) is 6.01. The van der Waals surface area contributed by atoms with E-state index in [0.29, 0.717) is 19.5 Å². The van der Waals surface area contributed by atoms with Crippen LogP contribution in [-0.2, 0) is 4.74 Å². The van der Waals surface area contributed by atoms with Crippen LogP contribution in [0.3, 0.4) is 0 Å². The standard InChI is InChI=1S/C15H24N2O3/c1-14(2,3)20-13(18)17-10-4-5-12(17)6-7-15(19)8-9-16-11-15/h12,16,19H,4-5,8-11H2,1-3H3. The van der Waals surface area contributed by atoms with Gasteiger partial charge in [0.05, 0.1) is 6.04 Å². The Balaban J connectivity index is 2.01. The Bertz CT molecular complexity index is 425. The number of aliphatic hydroxyl groups is 1. The molecule has 2 N–H and O–H groups in total. The molecule has 0 spiro atoms. The van der Waals surface area contributed by atoms with Gasteiger partial charge in [-0.05, 0) is 40.2 Å². The molecule has 2 aliphatic heterocycles. The van der Waals surface area contributed by atoms with Gasteiger partial charge in [-0.25, -0.2) is 4.79 Å². The minimum atomic E-state index is -0.942. The van der Waals surface area contributed by atoms with E-state index in [4.69, 9.17) is 4.74 Å². The first-order valence-corrected chi connectivity index (χ1v) is 7.25. The molecule has 2 saturated heterocycles. The number of hydrogen-bond donors (Lipinski definition) is 2. The lowest BCUT2D eigenvalue weighted by Gasteiger charge is -2.26. The monoisotopic (exact) mass is 280 g/mol. The summed E-state index contributed by atoms with van der Waals surface area (Å²) >= 11 is 0. The van der Waals surface area contributed by atoms with E-state index in [1.54, 1.807) is 4.90 Å². The van der Waals surface area contributed by atoms with Crippen LogP contribution < -0.4 is 5.32 Å². The third-order valence-electron chi connectivity index (χ3n) is 3.49. The fourth-order valence-corrected chi connectivity index (χ4v) is 2.46. The Morgan fingerprint density at radius 2 is 2.25 bits per heavy atom. The highest BCUT2D eigenvalue weighted by atomic mass is 16.6. The molecule has 112 valence electrons. The quantitative estimate of drug-likeness (QED) is 0.653. The van der Waals surface area contributed by atoms with Crippen molar-refractivity contribution in [3.8, 4) is 11.8 Å². The summed E-state index contributed by atoms with van der Waals surface area (Å²) in [6.45, 7) is 7.52. The molecule has 0 aliphatic carbocycles. The maximum Gasteiger partial charge on any atom is 0.411 e. The third kappa shape index (κ3) is 3.87. The molecular weight excluding hydrogens is 256 g/mol. The highest BCUT2D eigenvalue weighted by Crippen LogP contribution is 2.21. The number of rotatable bonds is 0. The smallest absolute Gasteiger partial charge is 0.411 e. The number of amides is 1. The predicted molar refractivity (Wildman–Crippen MR) is 76.2 cm³/mol. The molecule has 0 aromatic heterocycles. The Kier molecular flexibility index (Phi) is 4.26. The van der Waals surface area contributed by atoms with Gasteiger partial charge >= 0.3 is 6.09 Å². The molecule has 20 heavy (non-hydrogen) atoms. The van der Waals surface area contributed by atoms with Gasteiger partial charge in [0, 0.05) is 19.5 Å². The SMILES string of the molecule is CC(C)(C)OC(=O)N1CCCC1C#CC1(O)CCNC1. The molecule has 2 heterocycles. The van der Waals surface area contributed by atoms with Crippen molar-refractivity contribution in [3.63, 3.8) is 0 Å². The Morgan fingerprint density at radius 3 is 2.85 bits per heavy atom. The van der Waals surface area contributed by atoms with Gasteiger partial charge in [-0.3, -0.25) is 4.90 Å². The van der Waals surface area contributed by atoms with Crippen LogP contribution in [0.15, 0.2) is 0 Å². The first-order chi connectivity index (χ1) is 9.29. The summed E-state index contributed by atoms with van der Waals surface area (Å²) in [6, 6.07) is -0.144. The Hall–Kier alpha value is -1.25. The van der Waals surface area contributed by atoms with Gasteiger partial charge in [0.1, 0.15) is 11.2 Å². The maximum absolute atomic E-state index is 12.1. The van der Waals surface area contributed by atoms with Gasteiger partial charge in [0.15, 0.2) is 0 Å². The fourth-order valence-electron chi connectivity index (χ4n) is 2.46. The van der Waals surface area contributed by atoms with Gasteiger partial charge < -0.3 is 15.2 Å². The van der Waals surface area contributed by atoms with E-state index in [0.717, 1.165) is 19.4 Å². The molecule has 2 unspecified atom stereocenters. The number of likely N-dealkylation sites (tertiary alicyclic amines) is 1. The van der Waals surface area contributed by atoms with E-state index in [-0.39, 0.29) is 12.1 Å². The first-order valence-electron chi connectivity index (χ1n) is 7.25. The molecule has 0 saturated carbocycles. The van der Waals surface area contributed by atoms with E-state index < -0.39 is 11.2 Å². The van der Waals surface area contributed by atoms with Crippen LogP contribution in [0.1, 0.15) is 40.0 Å². The first kappa shape index (κ1) is 15.1. The minimum absolute atomic E-state index is 0.144. The number of nitrogens with zero attached hydrogens (tertiary/aromatic N) is 1. The van der Waals surface area contributed by atoms with Crippen LogP contribution in [0, 0.1) is 11.8 Å². The third-order valence-corrected chi connectivity index (χ3v) is 3.49. The Morgan fingerprint density at radius 1 is 1.50 bits per heavy atom. The van der Waals surface area contributed by atoms with Crippen molar-refractivity contribution in [2.24, 2.45) is 0 Å². The summed E-state index contributed by atoms with van der Waals surface area (Å²) in [6.07, 6.45) is 2.09. The molecule has 5 heteroatoms. The van der Waals surface area contributed by atoms with E-state index in [1.165, 1.54) is 0 Å². The lowest BCUT2D eigenvalue weighted by Crippen LogP contribution is -2.39. The summed E-state index contributed by atoms with van der Waals surface area (Å²) in [7, 11) is 0. The van der Waals surface area contributed by atoms with Crippen LogP contribution in [0.5, 0.6) is 0 Å². The fraction of sp³-hybridized carbons (Fsp3) is 0.800. The summed E-state index contributed by atoms with van der Waals surface area (Å²) in [4.78, 5) is 13.8. The molecule has 2 rings (SSSR count). The zero-order valence-electron chi connectivity index (χ0n) is 12.5. The molecular formula is C15H24N2O3. The van der Waals surface area contributed by atoms with Crippen molar-refractivity contribution in [1.29, 1.82) is 0 Å². The number of β-amino-alcohol motifs (C(OH)–C–C–N with tert-alkyl or cyclic N) is 1. The van der Waals surface area contributed by atoms with Gasteiger partial charge in [-0.1, -0.05) is 11.8 Å². The average molecular weight is 280 g/mol. The van der Waals surface area contributed by atoms with Gasteiger partial charge in [-0.2, -0.15) is 0 Å². The van der Waals surface area contributed by atoms with E-state index in [2.05, 4.69) is 17.2 Å². The van der Waals surface area contributed by atoms with Gasteiger partial charge in [-0.15, -0.1) is 0 Å². The van der Waals surface area contributed by atoms with Crippen molar-refractivity contribution in [2.75, 3.05) is 19.6 Å². The van der Waals surface area contributed by atoms with Crippen LogP contribution in [0.25, 0.3) is 0 Å². The van der Waals surface area contributed by atoms with Crippen LogP contribution in [0.4, 0.5) is 4.79 Å². The molecule has 0 radical (unpaired) electrons. The summed E-state index contributed by atoms with van der Waals surface area (Å²) < 4.78 is 5.39. The second kappa shape index (κ2) is 5.63. The number of carbonyl (C=O) groups is 1. The van der Waals surface area contributed by atoms with E-state index in [1.807, 2.05) is 20.8 Å². The molecule has 0 aromatic rings. The second-order valence-corrected chi connectivity index (χ2v) is 6.56. The minimum Gasteiger partial charge on any atom is -0.444 e. The van der Waals surface area contributed by atoms with Crippen molar-refractivity contribution >= 4 is 6.09 Å². The predicted octanol–water partition coefficient (Wildman–Crippen LogP) is 1.11. The van der Waals surface area contributed by atoms with E-state index >= 15 is 0 Å². The number of nitrogens with one attached hydrogen (secondary N) is 1. The lowest BCUT2D eigenvalue weighted by atomic mass is 10.0. The zero-order chi connectivity index (χ0) is 14.8. The molecule has 5 nitrogen and oxygen atoms in total. The normalized spacial score (nSPS) is 30.0. The topological polar surface area (TPSA) is 61.8 Å². The second-order valence-electron chi connectivity index (χ2n) is 6.56. The van der Waals surface area contributed by atoms with Crippen molar-refractivity contribution < 1.29 is 14.6 Å². The van der Waals surface area contributed by atoms with Gasteiger partial charge in [0.25, 0.3) is 0 Å². The molecule has 1 amide bonds. The summed E-state index contributed by atoms with van der Waals surface area (Å²) in [5.41, 5.74) is -1.44.